The number of anilines is 1. The van der Waals surface area contributed by atoms with E-state index in [1.165, 1.54) is 5.56 Å². The molecule has 4 heteroatoms. The summed E-state index contributed by atoms with van der Waals surface area (Å²) in [5.74, 6) is 2.66. The lowest BCUT2D eigenvalue weighted by Gasteiger charge is -2.13. The lowest BCUT2D eigenvalue weighted by atomic mass is 10.1. The zero-order valence-corrected chi connectivity index (χ0v) is 13.2. The van der Waals surface area contributed by atoms with E-state index in [1.54, 1.807) is 7.11 Å². The molecule has 0 saturated heterocycles. The van der Waals surface area contributed by atoms with Gasteiger partial charge in [-0.3, -0.25) is 0 Å². The Balaban J connectivity index is 2.36. The lowest BCUT2D eigenvalue weighted by Crippen LogP contribution is -2.10. The van der Waals surface area contributed by atoms with Crippen molar-refractivity contribution in [1.82, 2.24) is 9.97 Å². The predicted molar refractivity (Wildman–Crippen MR) is 86.1 cm³/mol. The average molecular weight is 285 g/mol. The number of aryl methyl sites for hydroxylation is 1. The van der Waals surface area contributed by atoms with Crippen LogP contribution in [0.1, 0.15) is 36.5 Å². The van der Waals surface area contributed by atoms with Gasteiger partial charge in [0.25, 0.3) is 0 Å². The molecule has 0 radical (unpaired) electrons. The van der Waals surface area contributed by atoms with Gasteiger partial charge in [0.1, 0.15) is 17.4 Å². The van der Waals surface area contributed by atoms with Crippen molar-refractivity contribution in [2.75, 3.05) is 19.0 Å². The molecule has 0 bridgehead atoms. The van der Waals surface area contributed by atoms with Gasteiger partial charge in [0.2, 0.25) is 0 Å². The van der Waals surface area contributed by atoms with Crippen molar-refractivity contribution in [2.45, 2.75) is 33.6 Å². The summed E-state index contributed by atoms with van der Waals surface area (Å²) in [5.41, 5.74) is 3.35. The minimum atomic E-state index is 0.674. The van der Waals surface area contributed by atoms with Crippen LogP contribution in [-0.2, 0) is 12.8 Å². The highest BCUT2D eigenvalue weighted by Gasteiger charge is 2.11. The fourth-order valence-electron chi connectivity index (χ4n) is 2.49. The third-order valence-corrected chi connectivity index (χ3v) is 3.50. The summed E-state index contributed by atoms with van der Waals surface area (Å²) in [6, 6.07) is 8.00. The molecule has 1 aromatic heterocycles. The summed E-state index contributed by atoms with van der Waals surface area (Å²) in [6.07, 6.45) is 1.61. The third kappa shape index (κ3) is 3.51. The molecule has 0 spiro atoms. The zero-order chi connectivity index (χ0) is 15.2. The van der Waals surface area contributed by atoms with Crippen LogP contribution in [0, 0.1) is 6.92 Å². The molecule has 21 heavy (non-hydrogen) atoms. The van der Waals surface area contributed by atoms with Gasteiger partial charge in [-0.25, -0.2) is 9.97 Å². The Kier molecular flexibility index (Phi) is 5.14. The maximum Gasteiger partial charge on any atom is 0.135 e. The summed E-state index contributed by atoms with van der Waals surface area (Å²) in [7, 11) is 1.69. The first kappa shape index (κ1) is 15.3. The van der Waals surface area contributed by atoms with Crippen LogP contribution in [-0.4, -0.2) is 23.6 Å². The molecule has 4 nitrogen and oxygen atoms in total. The molecular weight excluding hydrogens is 262 g/mol. The smallest absolute Gasteiger partial charge is 0.135 e. The Bertz CT molecular complexity index is 611. The van der Waals surface area contributed by atoms with Crippen LogP contribution in [0.25, 0.3) is 0 Å². The number of nitrogens with zero attached hydrogens (tertiary/aromatic N) is 2. The largest absolute Gasteiger partial charge is 0.496 e. The number of aromatic nitrogens is 2. The number of ether oxygens (including phenoxy) is 1. The number of rotatable bonds is 6. The summed E-state index contributed by atoms with van der Waals surface area (Å²) < 4.78 is 5.40. The van der Waals surface area contributed by atoms with Crippen molar-refractivity contribution >= 4 is 5.82 Å². The van der Waals surface area contributed by atoms with Crippen molar-refractivity contribution in [2.24, 2.45) is 0 Å². The van der Waals surface area contributed by atoms with E-state index in [1.807, 2.05) is 25.1 Å². The molecule has 0 aliphatic carbocycles. The van der Waals surface area contributed by atoms with E-state index >= 15 is 0 Å². The first-order chi connectivity index (χ1) is 10.2. The highest BCUT2D eigenvalue weighted by molar-refractivity contribution is 5.47. The molecule has 1 heterocycles. The van der Waals surface area contributed by atoms with Gasteiger partial charge in [-0.2, -0.15) is 0 Å². The molecule has 0 aliphatic rings. The zero-order valence-electron chi connectivity index (χ0n) is 13.2. The van der Waals surface area contributed by atoms with E-state index in [4.69, 9.17) is 4.74 Å². The minimum Gasteiger partial charge on any atom is -0.496 e. The number of para-hydroxylation sites is 1. The molecule has 0 aliphatic heterocycles. The minimum absolute atomic E-state index is 0.674. The van der Waals surface area contributed by atoms with Crippen molar-refractivity contribution in [3.63, 3.8) is 0 Å². The number of hydrogen-bond acceptors (Lipinski definition) is 4. The Labute approximate surface area is 126 Å². The summed E-state index contributed by atoms with van der Waals surface area (Å²) in [5, 5.41) is 3.34. The van der Waals surface area contributed by atoms with Gasteiger partial charge in [0.15, 0.2) is 0 Å². The summed E-state index contributed by atoms with van der Waals surface area (Å²) in [4.78, 5) is 9.34. The third-order valence-electron chi connectivity index (χ3n) is 3.50. The van der Waals surface area contributed by atoms with Crippen LogP contribution in [0.4, 0.5) is 5.82 Å². The molecule has 112 valence electrons. The standard InChI is InChI=1S/C17H23N3O/c1-5-14-12(3)19-16(20-17(14)18-6-2)11-13-9-7-8-10-15(13)21-4/h7-10H,5-6,11H2,1-4H3,(H,18,19,20). The number of hydrogen-bond donors (Lipinski definition) is 1. The van der Waals surface area contributed by atoms with E-state index < -0.39 is 0 Å². The highest BCUT2D eigenvalue weighted by Crippen LogP contribution is 2.22. The van der Waals surface area contributed by atoms with Crippen LogP contribution in [0.15, 0.2) is 24.3 Å². The van der Waals surface area contributed by atoms with E-state index in [2.05, 4.69) is 35.2 Å². The van der Waals surface area contributed by atoms with Gasteiger partial charge in [-0.05, 0) is 26.3 Å². The molecule has 0 fully saturated rings. The molecule has 0 saturated carbocycles. The van der Waals surface area contributed by atoms with Crippen molar-refractivity contribution in [3.8, 4) is 5.75 Å². The van der Waals surface area contributed by atoms with Crippen molar-refractivity contribution in [3.05, 3.63) is 46.9 Å². The topological polar surface area (TPSA) is 47.0 Å². The van der Waals surface area contributed by atoms with Crippen LogP contribution >= 0.6 is 0 Å². The highest BCUT2D eigenvalue weighted by atomic mass is 16.5. The number of nitrogens with one attached hydrogen (secondary N) is 1. The van der Waals surface area contributed by atoms with E-state index in [0.717, 1.165) is 41.6 Å². The molecule has 2 aromatic rings. The quantitative estimate of drug-likeness (QED) is 0.884. The predicted octanol–water partition coefficient (Wildman–Crippen LogP) is 3.38. The maximum absolute atomic E-state index is 5.40. The first-order valence-electron chi connectivity index (χ1n) is 7.41. The normalized spacial score (nSPS) is 10.5. The van der Waals surface area contributed by atoms with E-state index in [9.17, 15) is 0 Å². The fraction of sp³-hybridized carbons (Fsp3) is 0.412. The molecule has 2 rings (SSSR count). The number of benzene rings is 1. The van der Waals surface area contributed by atoms with Crippen LogP contribution in [0.2, 0.25) is 0 Å². The Hall–Kier alpha value is -2.10. The van der Waals surface area contributed by atoms with E-state index in [-0.39, 0.29) is 0 Å². The van der Waals surface area contributed by atoms with Crippen molar-refractivity contribution < 1.29 is 4.74 Å². The van der Waals surface area contributed by atoms with Crippen LogP contribution < -0.4 is 10.1 Å². The fourth-order valence-corrected chi connectivity index (χ4v) is 2.49. The molecule has 0 amide bonds. The molecule has 0 unspecified atom stereocenters. The van der Waals surface area contributed by atoms with Gasteiger partial charge < -0.3 is 10.1 Å². The number of methoxy groups -OCH3 is 1. The van der Waals surface area contributed by atoms with Gasteiger partial charge in [0.05, 0.1) is 7.11 Å². The Morgan fingerprint density at radius 3 is 2.57 bits per heavy atom. The second-order valence-corrected chi connectivity index (χ2v) is 4.92. The summed E-state index contributed by atoms with van der Waals surface area (Å²) in [6.45, 7) is 7.12. The SMILES string of the molecule is CCNc1nc(Cc2ccccc2OC)nc(C)c1CC. The van der Waals surface area contributed by atoms with Gasteiger partial charge in [0, 0.05) is 29.8 Å². The Morgan fingerprint density at radius 2 is 1.90 bits per heavy atom. The lowest BCUT2D eigenvalue weighted by molar-refractivity contribution is 0.410. The average Bonchev–Trinajstić information content (AvgIpc) is 2.48. The van der Waals surface area contributed by atoms with Gasteiger partial charge >= 0.3 is 0 Å². The molecule has 1 aromatic carbocycles. The second kappa shape index (κ2) is 7.07. The van der Waals surface area contributed by atoms with Crippen LogP contribution in [0.3, 0.4) is 0 Å². The van der Waals surface area contributed by atoms with Gasteiger partial charge in [-0.1, -0.05) is 25.1 Å². The Morgan fingerprint density at radius 1 is 1.14 bits per heavy atom. The van der Waals surface area contributed by atoms with Gasteiger partial charge in [-0.15, -0.1) is 0 Å². The van der Waals surface area contributed by atoms with Crippen molar-refractivity contribution in [1.29, 1.82) is 0 Å². The second-order valence-electron chi connectivity index (χ2n) is 4.92. The first-order valence-corrected chi connectivity index (χ1v) is 7.41. The molecule has 0 atom stereocenters. The van der Waals surface area contributed by atoms with Crippen LogP contribution in [0.5, 0.6) is 5.75 Å². The monoisotopic (exact) mass is 285 g/mol. The maximum atomic E-state index is 5.40. The summed E-state index contributed by atoms with van der Waals surface area (Å²) >= 11 is 0. The molecule has 1 N–H and O–H groups in total. The van der Waals surface area contributed by atoms with E-state index in [0.29, 0.717) is 6.42 Å². The molecular formula is C17H23N3O.